The maximum atomic E-state index is 12.8. The Morgan fingerprint density at radius 3 is 2.41 bits per heavy atom. The van der Waals surface area contributed by atoms with E-state index in [-0.39, 0.29) is 17.9 Å². The lowest BCUT2D eigenvalue weighted by molar-refractivity contribution is -0.144. The number of hydrogen-bond acceptors (Lipinski definition) is 4. The molecule has 3 amide bonds. The molecule has 2 unspecified atom stereocenters. The predicted octanol–water partition coefficient (Wildman–Crippen LogP) is 2.22. The summed E-state index contributed by atoms with van der Waals surface area (Å²) in [4.78, 5) is 43.9. The van der Waals surface area contributed by atoms with E-state index in [1.54, 1.807) is 9.80 Å². The maximum absolute atomic E-state index is 12.8. The van der Waals surface area contributed by atoms with Crippen LogP contribution >= 0.6 is 0 Å². The van der Waals surface area contributed by atoms with Crippen molar-refractivity contribution in [2.24, 2.45) is 5.92 Å². The highest BCUT2D eigenvalue weighted by atomic mass is 16.5. The molecule has 1 aliphatic rings. The molecular weight excluding hydrogens is 372 g/mol. The van der Waals surface area contributed by atoms with Gasteiger partial charge in [0.05, 0.1) is 7.11 Å². The second-order valence-electron chi connectivity index (χ2n) is 7.39. The number of fused-ring (bicyclic) bond motifs is 1. The highest BCUT2D eigenvalue weighted by Crippen LogP contribution is 2.17. The van der Waals surface area contributed by atoms with Crippen molar-refractivity contribution in [2.75, 3.05) is 33.3 Å². The van der Waals surface area contributed by atoms with Crippen molar-refractivity contribution < 1.29 is 19.1 Å². The Hall–Kier alpha value is -3.03. The summed E-state index contributed by atoms with van der Waals surface area (Å²) in [5, 5.41) is 3.78. The Balaban J connectivity index is 1.58. The summed E-state index contributed by atoms with van der Waals surface area (Å²) in [7, 11) is 1.32. The van der Waals surface area contributed by atoms with E-state index < -0.39 is 12.0 Å². The van der Waals surface area contributed by atoms with Crippen molar-refractivity contribution >= 4 is 28.8 Å². The van der Waals surface area contributed by atoms with Gasteiger partial charge in [0.15, 0.2) is 0 Å². The van der Waals surface area contributed by atoms with Crippen LogP contribution in [0.1, 0.15) is 30.8 Å². The SMILES string of the molecule is CCC(C)C(NC(=O)N1CCN(C(=O)c2cc3ccccc3[nH]2)CC1)C(=O)OC. The molecular formula is C21H28N4O4. The molecule has 3 rings (SSSR count). The lowest BCUT2D eigenvalue weighted by Gasteiger charge is -2.35. The van der Waals surface area contributed by atoms with Gasteiger partial charge in [0, 0.05) is 37.1 Å². The minimum atomic E-state index is -0.677. The molecule has 1 aromatic heterocycles. The third-order valence-electron chi connectivity index (χ3n) is 5.56. The topological polar surface area (TPSA) is 94.7 Å². The first kappa shape index (κ1) is 20.7. The number of ether oxygens (including phenoxy) is 1. The molecule has 8 heteroatoms. The smallest absolute Gasteiger partial charge is 0.328 e. The fourth-order valence-electron chi connectivity index (χ4n) is 3.49. The van der Waals surface area contributed by atoms with Crippen molar-refractivity contribution in [3.8, 4) is 0 Å². The number of H-pyrrole nitrogens is 1. The van der Waals surface area contributed by atoms with Crippen LogP contribution in [0.4, 0.5) is 4.79 Å². The van der Waals surface area contributed by atoms with E-state index in [9.17, 15) is 14.4 Å². The van der Waals surface area contributed by atoms with Crippen LogP contribution in [-0.2, 0) is 9.53 Å². The number of methoxy groups -OCH3 is 1. The van der Waals surface area contributed by atoms with Gasteiger partial charge < -0.3 is 24.8 Å². The van der Waals surface area contributed by atoms with Crippen molar-refractivity contribution in [3.63, 3.8) is 0 Å². The van der Waals surface area contributed by atoms with Crippen LogP contribution in [-0.4, -0.2) is 72.0 Å². The zero-order valence-corrected chi connectivity index (χ0v) is 17.1. The fraction of sp³-hybridized carbons (Fsp3) is 0.476. The molecule has 2 aromatic rings. The van der Waals surface area contributed by atoms with Gasteiger partial charge in [0.25, 0.3) is 5.91 Å². The third kappa shape index (κ3) is 4.52. The first-order chi connectivity index (χ1) is 13.9. The van der Waals surface area contributed by atoms with Crippen molar-refractivity contribution in [2.45, 2.75) is 26.3 Å². The summed E-state index contributed by atoms with van der Waals surface area (Å²) in [6, 6.07) is 8.61. The van der Waals surface area contributed by atoms with E-state index in [4.69, 9.17) is 4.74 Å². The maximum Gasteiger partial charge on any atom is 0.328 e. The zero-order chi connectivity index (χ0) is 21.0. The van der Waals surface area contributed by atoms with Crippen LogP contribution in [0, 0.1) is 5.92 Å². The molecule has 29 heavy (non-hydrogen) atoms. The summed E-state index contributed by atoms with van der Waals surface area (Å²) in [6.07, 6.45) is 0.743. The number of urea groups is 1. The van der Waals surface area contributed by atoms with Crippen molar-refractivity contribution in [3.05, 3.63) is 36.0 Å². The van der Waals surface area contributed by atoms with Crippen LogP contribution < -0.4 is 5.32 Å². The molecule has 0 saturated carbocycles. The average Bonchev–Trinajstić information content (AvgIpc) is 3.20. The first-order valence-electron chi connectivity index (χ1n) is 9.94. The number of amides is 3. The molecule has 1 fully saturated rings. The Labute approximate surface area is 170 Å². The molecule has 0 bridgehead atoms. The van der Waals surface area contributed by atoms with E-state index in [0.717, 1.165) is 17.3 Å². The van der Waals surface area contributed by atoms with Gasteiger partial charge in [-0.15, -0.1) is 0 Å². The van der Waals surface area contributed by atoms with Gasteiger partial charge >= 0.3 is 12.0 Å². The van der Waals surface area contributed by atoms with Crippen LogP contribution in [0.2, 0.25) is 0 Å². The minimum absolute atomic E-state index is 0.0312. The van der Waals surface area contributed by atoms with Gasteiger partial charge in [-0.3, -0.25) is 4.79 Å². The van der Waals surface area contributed by atoms with E-state index in [0.29, 0.717) is 31.9 Å². The molecule has 1 aliphatic heterocycles. The quantitative estimate of drug-likeness (QED) is 0.753. The summed E-state index contributed by atoms with van der Waals surface area (Å²) in [5.74, 6) is -0.551. The number of carbonyl (C=O) groups excluding carboxylic acids is 3. The van der Waals surface area contributed by atoms with Gasteiger partial charge in [-0.1, -0.05) is 38.5 Å². The lowest BCUT2D eigenvalue weighted by atomic mass is 9.99. The number of piperazine rings is 1. The van der Waals surface area contributed by atoms with E-state index in [2.05, 4.69) is 10.3 Å². The van der Waals surface area contributed by atoms with E-state index in [1.165, 1.54) is 7.11 Å². The Kier molecular flexibility index (Phi) is 6.41. The number of esters is 1. The summed E-state index contributed by atoms with van der Waals surface area (Å²) in [5.41, 5.74) is 1.47. The molecule has 1 saturated heterocycles. The molecule has 2 N–H and O–H groups in total. The molecule has 8 nitrogen and oxygen atoms in total. The molecule has 156 valence electrons. The average molecular weight is 400 g/mol. The molecule has 0 spiro atoms. The van der Waals surface area contributed by atoms with Crippen molar-refractivity contribution in [1.29, 1.82) is 0 Å². The van der Waals surface area contributed by atoms with Gasteiger partial charge in [-0.05, 0) is 18.1 Å². The van der Waals surface area contributed by atoms with Crippen LogP contribution in [0.25, 0.3) is 10.9 Å². The van der Waals surface area contributed by atoms with Gasteiger partial charge in [0.1, 0.15) is 11.7 Å². The van der Waals surface area contributed by atoms with E-state index >= 15 is 0 Å². The molecule has 2 heterocycles. The Bertz CT molecular complexity index is 853. The fourth-order valence-corrected chi connectivity index (χ4v) is 3.49. The van der Waals surface area contributed by atoms with Crippen LogP contribution in [0.3, 0.4) is 0 Å². The normalized spacial score (nSPS) is 16.4. The number of para-hydroxylation sites is 1. The second-order valence-corrected chi connectivity index (χ2v) is 7.39. The lowest BCUT2D eigenvalue weighted by Crippen LogP contribution is -2.56. The number of nitrogens with zero attached hydrogens (tertiary/aromatic N) is 2. The summed E-state index contributed by atoms with van der Waals surface area (Å²) < 4.78 is 4.82. The number of aromatic amines is 1. The molecule has 2 atom stereocenters. The van der Waals surface area contributed by atoms with Crippen molar-refractivity contribution in [1.82, 2.24) is 20.1 Å². The number of nitrogens with one attached hydrogen (secondary N) is 2. The number of hydrogen-bond donors (Lipinski definition) is 2. The van der Waals surface area contributed by atoms with Gasteiger partial charge in [-0.2, -0.15) is 0 Å². The second kappa shape index (κ2) is 8.98. The highest BCUT2D eigenvalue weighted by Gasteiger charge is 2.31. The zero-order valence-electron chi connectivity index (χ0n) is 17.1. The summed E-state index contributed by atoms with van der Waals surface area (Å²) >= 11 is 0. The molecule has 0 radical (unpaired) electrons. The highest BCUT2D eigenvalue weighted by molar-refractivity contribution is 5.98. The monoisotopic (exact) mass is 400 g/mol. The standard InChI is InChI=1S/C21H28N4O4/c1-4-14(2)18(20(27)29-3)23-21(28)25-11-9-24(10-12-25)19(26)17-13-15-7-5-6-8-16(15)22-17/h5-8,13-14,18,22H,4,9-12H2,1-3H3,(H,23,28). The number of aromatic nitrogens is 1. The predicted molar refractivity (Wildman–Crippen MR) is 110 cm³/mol. The van der Waals surface area contributed by atoms with Crippen LogP contribution in [0.15, 0.2) is 30.3 Å². The summed E-state index contributed by atoms with van der Waals surface area (Å²) in [6.45, 7) is 5.56. The number of carbonyl (C=O) groups is 3. The van der Waals surface area contributed by atoms with Gasteiger partial charge in [0.2, 0.25) is 0 Å². The number of rotatable bonds is 5. The molecule has 1 aromatic carbocycles. The number of benzene rings is 1. The third-order valence-corrected chi connectivity index (χ3v) is 5.56. The largest absolute Gasteiger partial charge is 0.467 e. The van der Waals surface area contributed by atoms with Gasteiger partial charge in [-0.25, -0.2) is 9.59 Å². The minimum Gasteiger partial charge on any atom is -0.467 e. The molecule has 0 aliphatic carbocycles. The first-order valence-corrected chi connectivity index (χ1v) is 9.94. The Morgan fingerprint density at radius 2 is 1.79 bits per heavy atom. The Morgan fingerprint density at radius 1 is 1.14 bits per heavy atom. The van der Waals surface area contributed by atoms with Crippen LogP contribution in [0.5, 0.6) is 0 Å². The van der Waals surface area contributed by atoms with E-state index in [1.807, 2.05) is 44.2 Å².